The van der Waals surface area contributed by atoms with Gasteiger partial charge in [-0.15, -0.1) is 0 Å². The second-order valence-electron chi connectivity index (χ2n) is 4.76. The molecule has 0 saturated carbocycles. The van der Waals surface area contributed by atoms with Gasteiger partial charge in [-0.2, -0.15) is 5.10 Å². The molecule has 2 N–H and O–H groups in total. The molecule has 0 fully saturated rings. The van der Waals surface area contributed by atoms with Crippen molar-refractivity contribution in [3.8, 4) is 5.75 Å². The van der Waals surface area contributed by atoms with Gasteiger partial charge in [0.2, 0.25) is 0 Å². The minimum Gasteiger partial charge on any atom is -0.497 e. The van der Waals surface area contributed by atoms with Crippen molar-refractivity contribution in [2.75, 3.05) is 13.7 Å². The van der Waals surface area contributed by atoms with Crippen molar-refractivity contribution >= 4 is 0 Å². The Hall–Kier alpha value is -1.88. The third-order valence-corrected chi connectivity index (χ3v) is 3.29. The monoisotopic (exact) mass is 274 g/mol. The van der Waals surface area contributed by atoms with Gasteiger partial charge in [0.15, 0.2) is 0 Å². The summed E-state index contributed by atoms with van der Waals surface area (Å²) < 4.78 is 5.17. The standard InChI is InChI=1S/C15H22N4O/c1-3-10-16-14(15-17-11-18-19-15)9-6-12-4-7-13(20-2)8-5-12/h4-5,7-8,11,14,16H,3,6,9-10H2,1-2H3,(H,17,18,19). The summed E-state index contributed by atoms with van der Waals surface area (Å²) in [5, 5.41) is 10.4. The first-order chi connectivity index (χ1) is 9.83. The molecule has 1 aromatic heterocycles. The third kappa shape index (κ3) is 4.06. The van der Waals surface area contributed by atoms with E-state index in [-0.39, 0.29) is 6.04 Å². The third-order valence-electron chi connectivity index (χ3n) is 3.29. The van der Waals surface area contributed by atoms with Crippen molar-refractivity contribution in [3.63, 3.8) is 0 Å². The van der Waals surface area contributed by atoms with Gasteiger partial charge in [0.25, 0.3) is 0 Å². The predicted molar refractivity (Wildman–Crippen MR) is 78.7 cm³/mol. The number of nitrogens with zero attached hydrogens (tertiary/aromatic N) is 2. The lowest BCUT2D eigenvalue weighted by Gasteiger charge is -2.15. The molecule has 2 rings (SSSR count). The normalized spacial score (nSPS) is 12.3. The van der Waals surface area contributed by atoms with Crippen LogP contribution in [0.3, 0.4) is 0 Å². The van der Waals surface area contributed by atoms with Gasteiger partial charge < -0.3 is 10.1 Å². The number of aromatic amines is 1. The molecule has 0 spiro atoms. The first-order valence-electron chi connectivity index (χ1n) is 7.05. The van der Waals surface area contributed by atoms with Gasteiger partial charge in [0.1, 0.15) is 17.9 Å². The largest absolute Gasteiger partial charge is 0.497 e. The quantitative estimate of drug-likeness (QED) is 0.776. The highest BCUT2D eigenvalue weighted by Crippen LogP contribution is 2.17. The zero-order valence-corrected chi connectivity index (χ0v) is 12.1. The topological polar surface area (TPSA) is 62.8 Å². The fourth-order valence-corrected chi connectivity index (χ4v) is 2.14. The highest BCUT2D eigenvalue weighted by atomic mass is 16.5. The predicted octanol–water partition coefficient (Wildman–Crippen LogP) is 2.49. The summed E-state index contributed by atoms with van der Waals surface area (Å²) in [6.45, 7) is 3.14. The molecule has 108 valence electrons. The van der Waals surface area contributed by atoms with Crippen LogP contribution in [0.25, 0.3) is 0 Å². The minimum atomic E-state index is 0.222. The summed E-state index contributed by atoms with van der Waals surface area (Å²) in [5.41, 5.74) is 1.30. The summed E-state index contributed by atoms with van der Waals surface area (Å²) >= 11 is 0. The molecule has 0 saturated heterocycles. The van der Waals surface area contributed by atoms with Gasteiger partial charge in [-0.05, 0) is 43.5 Å². The molecule has 1 aromatic carbocycles. The Morgan fingerprint density at radius 2 is 2.10 bits per heavy atom. The van der Waals surface area contributed by atoms with E-state index in [2.05, 4.69) is 39.6 Å². The second kappa shape index (κ2) is 7.65. The van der Waals surface area contributed by atoms with Gasteiger partial charge in [-0.25, -0.2) is 4.98 Å². The number of rotatable bonds is 8. The van der Waals surface area contributed by atoms with E-state index in [0.29, 0.717) is 0 Å². The van der Waals surface area contributed by atoms with Crippen LogP contribution in [0.1, 0.15) is 37.2 Å². The minimum absolute atomic E-state index is 0.222. The molecule has 0 radical (unpaired) electrons. The number of nitrogens with one attached hydrogen (secondary N) is 2. The Bertz CT molecular complexity index is 481. The van der Waals surface area contributed by atoms with Gasteiger partial charge in [-0.3, -0.25) is 5.10 Å². The van der Waals surface area contributed by atoms with Gasteiger partial charge in [0.05, 0.1) is 13.2 Å². The zero-order valence-electron chi connectivity index (χ0n) is 12.1. The van der Waals surface area contributed by atoms with Crippen LogP contribution < -0.4 is 10.1 Å². The van der Waals surface area contributed by atoms with Crippen LogP contribution in [-0.2, 0) is 6.42 Å². The van der Waals surface area contributed by atoms with Crippen LogP contribution in [0, 0.1) is 0 Å². The average Bonchev–Trinajstić information content (AvgIpc) is 3.02. The number of benzene rings is 1. The molecular formula is C15H22N4O. The number of H-pyrrole nitrogens is 1. The molecule has 1 atom stereocenters. The molecule has 0 aliphatic carbocycles. The highest BCUT2D eigenvalue weighted by molar-refractivity contribution is 5.27. The Morgan fingerprint density at radius 1 is 1.30 bits per heavy atom. The SMILES string of the molecule is CCCNC(CCc1ccc(OC)cc1)c1ncn[nH]1. The summed E-state index contributed by atoms with van der Waals surface area (Å²) in [6.07, 6.45) is 4.64. The number of aryl methyl sites for hydroxylation is 1. The fraction of sp³-hybridized carbons (Fsp3) is 0.467. The molecule has 1 heterocycles. The van der Waals surface area contributed by atoms with Crippen LogP contribution in [-0.4, -0.2) is 28.8 Å². The summed E-state index contributed by atoms with van der Waals surface area (Å²) in [4.78, 5) is 4.26. The van der Waals surface area contributed by atoms with E-state index in [4.69, 9.17) is 4.74 Å². The van der Waals surface area contributed by atoms with Crippen molar-refractivity contribution in [2.45, 2.75) is 32.2 Å². The zero-order chi connectivity index (χ0) is 14.2. The van der Waals surface area contributed by atoms with Crippen molar-refractivity contribution in [1.82, 2.24) is 20.5 Å². The van der Waals surface area contributed by atoms with Crippen LogP contribution in [0.4, 0.5) is 0 Å². The van der Waals surface area contributed by atoms with Crippen molar-refractivity contribution in [1.29, 1.82) is 0 Å². The maximum atomic E-state index is 5.17. The van der Waals surface area contributed by atoms with E-state index in [1.807, 2.05) is 12.1 Å². The maximum absolute atomic E-state index is 5.17. The molecule has 20 heavy (non-hydrogen) atoms. The van der Waals surface area contributed by atoms with E-state index >= 15 is 0 Å². The first kappa shape index (κ1) is 14.5. The average molecular weight is 274 g/mol. The molecule has 2 aromatic rings. The van der Waals surface area contributed by atoms with Crippen LogP contribution in [0.15, 0.2) is 30.6 Å². The number of hydrogen-bond donors (Lipinski definition) is 2. The summed E-state index contributed by atoms with van der Waals surface area (Å²) in [6, 6.07) is 8.43. The first-order valence-corrected chi connectivity index (χ1v) is 7.05. The molecule has 0 aliphatic heterocycles. The maximum Gasteiger partial charge on any atom is 0.141 e. The van der Waals surface area contributed by atoms with Gasteiger partial charge in [0, 0.05) is 0 Å². The molecule has 5 heteroatoms. The molecule has 0 aliphatic rings. The van der Waals surface area contributed by atoms with Crippen molar-refractivity contribution in [2.24, 2.45) is 0 Å². The molecule has 0 bridgehead atoms. The molecule has 5 nitrogen and oxygen atoms in total. The Balaban J connectivity index is 1.93. The van der Waals surface area contributed by atoms with Gasteiger partial charge in [-0.1, -0.05) is 19.1 Å². The molecule has 1 unspecified atom stereocenters. The Labute approximate surface area is 119 Å². The van der Waals surface area contributed by atoms with Crippen LogP contribution in [0.5, 0.6) is 5.75 Å². The van der Waals surface area contributed by atoms with Gasteiger partial charge >= 0.3 is 0 Å². The Kier molecular flexibility index (Phi) is 5.55. The van der Waals surface area contributed by atoms with Crippen LogP contribution >= 0.6 is 0 Å². The van der Waals surface area contributed by atoms with Crippen molar-refractivity contribution in [3.05, 3.63) is 42.0 Å². The molecular weight excluding hydrogens is 252 g/mol. The van der Waals surface area contributed by atoms with Crippen molar-refractivity contribution < 1.29 is 4.74 Å². The second-order valence-corrected chi connectivity index (χ2v) is 4.76. The summed E-state index contributed by atoms with van der Waals surface area (Å²) in [7, 11) is 1.68. The van der Waals surface area contributed by atoms with E-state index in [0.717, 1.165) is 37.4 Å². The van der Waals surface area contributed by atoms with E-state index in [1.54, 1.807) is 13.4 Å². The van der Waals surface area contributed by atoms with E-state index in [9.17, 15) is 0 Å². The van der Waals surface area contributed by atoms with E-state index < -0.39 is 0 Å². The number of aromatic nitrogens is 3. The number of hydrogen-bond acceptors (Lipinski definition) is 4. The number of ether oxygens (including phenoxy) is 1. The molecule has 0 amide bonds. The highest BCUT2D eigenvalue weighted by Gasteiger charge is 2.13. The van der Waals surface area contributed by atoms with E-state index in [1.165, 1.54) is 5.56 Å². The summed E-state index contributed by atoms with van der Waals surface area (Å²) in [5.74, 6) is 1.80. The number of methoxy groups -OCH3 is 1. The smallest absolute Gasteiger partial charge is 0.141 e. The lowest BCUT2D eigenvalue weighted by molar-refractivity contribution is 0.414. The van der Waals surface area contributed by atoms with Crippen LogP contribution in [0.2, 0.25) is 0 Å². The fourth-order valence-electron chi connectivity index (χ4n) is 2.14. The Morgan fingerprint density at radius 3 is 2.70 bits per heavy atom. The lowest BCUT2D eigenvalue weighted by atomic mass is 10.0. The lowest BCUT2D eigenvalue weighted by Crippen LogP contribution is -2.23.